The summed E-state index contributed by atoms with van der Waals surface area (Å²) in [7, 11) is 0. The lowest BCUT2D eigenvalue weighted by molar-refractivity contribution is -0.00712. The Labute approximate surface area is 150 Å². The monoisotopic (exact) mass is 348 g/mol. The number of amides is 1. The van der Waals surface area contributed by atoms with Gasteiger partial charge in [0.1, 0.15) is 5.69 Å². The average Bonchev–Trinajstić information content (AvgIpc) is 3.07. The summed E-state index contributed by atoms with van der Waals surface area (Å²) in [6.45, 7) is 14.0. The summed E-state index contributed by atoms with van der Waals surface area (Å²) in [5.74, 6) is -0.00565. The zero-order valence-corrected chi connectivity index (χ0v) is 16.3. The van der Waals surface area contributed by atoms with Crippen molar-refractivity contribution in [1.29, 1.82) is 0 Å². The molecule has 3 heterocycles. The molecule has 1 fully saturated rings. The van der Waals surface area contributed by atoms with Crippen molar-refractivity contribution in [2.45, 2.75) is 78.2 Å². The first-order valence-corrected chi connectivity index (χ1v) is 9.61. The highest BCUT2D eigenvalue weighted by atomic mass is 16.5. The van der Waals surface area contributed by atoms with Crippen LogP contribution in [0.15, 0.2) is 0 Å². The first-order valence-electron chi connectivity index (χ1n) is 9.61. The van der Waals surface area contributed by atoms with Crippen LogP contribution in [0.4, 0.5) is 0 Å². The molecule has 0 bridgehead atoms. The van der Waals surface area contributed by atoms with Crippen molar-refractivity contribution in [2.75, 3.05) is 19.6 Å². The Morgan fingerprint density at radius 3 is 2.80 bits per heavy atom. The number of nitrogens with zero attached hydrogens (tertiary/aromatic N) is 3. The quantitative estimate of drug-likeness (QED) is 0.888. The summed E-state index contributed by atoms with van der Waals surface area (Å²) in [4.78, 5) is 15.3. The number of hydrogen-bond acceptors (Lipinski definition) is 4. The Morgan fingerprint density at radius 2 is 2.16 bits per heavy atom. The Morgan fingerprint density at radius 1 is 1.40 bits per heavy atom. The summed E-state index contributed by atoms with van der Waals surface area (Å²) < 4.78 is 7.69. The van der Waals surface area contributed by atoms with Gasteiger partial charge in [-0.25, -0.2) is 0 Å². The number of aryl methyl sites for hydroxylation is 1. The number of carbonyl (C=O) groups excluding carboxylic acids is 1. The molecule has 1 N–H and O–H groups in total. The molecule has 0 spiro atoms. The lowest BCUT2D eigenvalue weighted by atomic mass is 9.99. The van der Waals surface area contributed by atoms with Gasteiger partial charge in [-0.3, -0.25) is 14.4 Å². The molecule has 1 amide bonds. The van der Waals surface area contributed by atoms with E-state index in [2.05, 4.69) is 36.1 Å². The van der Waals surface area contributed by atoms with Crippen LogP contribution in [-0.4, -0.2) is 51.9 Å². The lowest BCUT2D eigenvalue weighted by Crippen LogP contribution is -2.43. The molecule has 25 heavy (non-hydrogen) atoms. The van der Waals surface area contributed by atoms with Gasteiger partial charge in [0.2, 0.25) is 0 Å². The number of fused-ring (bicyclic) bond motifs is 1. The van der Waals surface area contributed by atoms with E-state index in [1.165, 1.54) is 12.8 Å². The van der Waals surface area contributed by atoms with Gasteiger partial charge >= 0.3 is 0 Å². The summed E-state index contributed by atoms with van der Waals surface area (Å²) in [5.41, 5.74) is 2.95. The van der Waals surface area contributed by atoms with Gasteiger partial charge in [0.15, 0.2) is 0 Å². The van der Waals surface area contributed by atoms with Gasteiger partial charge in [-0.2, -0.15) is 5.10 Å². The minimum absolute atomic E-state index is 0.00565. The van der Waals surface area contributed by atoms with Crippen LogP contribution in [0.2, 0.25) is 0 Å². The first-order chi connectivity index (χ1) is 11.8. The normalized spacial score (nSPS) is 25.8. The van der Waals surface area contributed by atoms with Crippen LogP contribution in [-0.2, 0) is 17.7 Å². The van der Waals surface area contributed by atoms with Gasteiger partial charge in [-0.1, -0.05) is 0 Å². The number of carbonyl (C=O) groups is 1. The number of likely N-dealkylation sites (tertiary alicyclic amines) is 1. The number of nitrogens with one attached hydrogen (secondary N) is 1. The van der Waals surface area contributed by atoms with Gasteiger partial charge in [0.05, 0.1) is 17.9 Å². The molecule has 1 aromatic heterocycles. The topological polar surface area (TPSA) is 59.4 Å². The van der Waals surface area contributed by atoms with E-state index >= 15 is 0 Å². The van der Waals surface area contributed by atoms with Gasteiger partial charge in [-0.05, 0) is 54.0 Å². The highest BCUT2D eigenvalue weighted by Gasteiger charge is 2.33. The van der Waals surface area contributed by atoms with Crippen LogP contribution in [0, 0.1) is 0 Å². The Balaban J connectivity index is 1.70. The van der Waals surface area contributed by atoms with Gasteiger partial charge in [-0.15, -0.1) is 0 Å². The van der Waals surface area contributed by atoms with E-state index in [1.54, 1.807) is 0 Å². The molecule has 0 saturated carbocycles. The molecule has 2 atom stereocenters. The summed E-state index contributed by atoms with van der Waals surface area (Å²) in [6.07, 6.45) is 3.29. The summed E-state index contributed by atoms with van der Waals surface area (Å²) in [6, 6.07) is 0. The van der Waals surface area contributed by atoms with Crippen molar-refractivity contribution in [2.24, 2.45) is 0 Å². The van der Waals surface area contributed by atoms with Crippen LogP contribution in [0.3, 0.4) is 0 Å². The number of aromatic nitrogens is 2. The van der Waals surface area contributed by atoms with E-state index in [0.29, 0.717) is 13.1 Å². The summed E-state index contributed by atoms with van der Waals surface area (Å²) >= 11 is 0. The van der Waals surface area contributed by atoms with E-state index in [4.69, 9.17) is 4.74 Å². The van der Waals surface area contributed by atoms with Crippen LogP contribution in [0.1, 0.15) is 75.3 Å². The lowest BCUT2D eigenvalue weighted by Gasteiger charge is -2.31. The molecule has 2 aliphatic heterocycles. The molecule has 0 aliphatic carbocycles. The van der Waals surface area contributed by atoms with Gasteiger partial charge in [0.25, 0.3) is 5.91 Å². The maximum atomic E-state index is 12.9. The minimum atomic E-state index is -0.0523. The highest BCUT2D eigenvalue weighted by Crippen LogP contribution is 2.31. The molecule has 6 nitrogen and oxygen atoms in total. The van der Waals surface area contributed by atoms with Crippen molar-refractivity contribution in [3.05, 3.63) is 17.0 Å². The number of ether oxygens (including phenoxy) is 1. The zero-order chi connectivity index (χ0) is 18.2. The third-order valence-electron chi connectivity index (χ3n) is 5.65. The molecule has 0 unspecified atom stereocenters. The highest BCUT2D eigenvalue weighted by molar-refractivity contribution is 5.94. The predicted molar refractivity (Wildman–Crippen MR) is 97.8 cm³/mol. The molecule has 2 aliphatic rings. The third-order valence-corrected chi connectivity index (χ3v) is 5.65. The molecule has 0 aromatic carbocycles. The fourth-order valence-corrected chi connectivity index (χ4v) is 4.24. The minimum Gasteiger partial charge on any atom is -0.369 e. The van der Waals surface area contributed by atoms with Gasteiger partial charge < -0.3 is 10.1 Å². The van der Waals surface area contributed by atoms with Crippen LogP contribution < -0.4 is 5.32 Å². The zero-order valence-electron chi connectivity index (χ0n) is 16.3. The SMILES string of the molecule is CCn1nc2c(c1C(=O)NCCN1CCCC1(C)C)C[C@H](C)O[C@@H]2C. The first kappa shape index (κ1) is 18.4. The molecular weight excluding hydrogens is 316 g/mol. The number of rotatable bonds is 5. The van der Waals surface area contributed by atoms with E-state index in [1.807, 2.05) is 18.5 Å². The fraction of sp³-hybridized carbons (Fsp3) is 0.789. The average molecular weight is 348 g/mol. The number of hydrogen-bond donors (Lipinski definition) is 1. The second kappa shape index (κ2) is 7.08. The molecule has 6 heteroatoms. The second-order valence-corrected chi connectivity index (χ2v) is 7.98. The summed E-state index contributed by atoms with van der Waals surface area (Å²) in [5, 5.41) is 7.76. The van der Waals surface area contributed by atoms with E-state index in [0.717, 1.165) is 36.5 Å². The predicted octanol–water partition coefficient (Wildman–Crippen LogP) is 2.53. The maximum Gasteiger partial charge on any atom is 0.269 e. The van der Waals surface area contributed by atoms with Crippen molar-refractivity contribution in [1.82, 2.24) is 20.0 Å². The second-order valence-electron chi connectivity index (χ2n) is 7.98. The molecule has 1 aromatic rings. The van der Waals surface area contributed by atoms with Crippen molar-refractivity contribution >= 4 is 5.91 Å². The molecule has 1 saturated heterocycles. The third kappa shape index (κ3) is 3.60. The smallest absolute Gasteiger partial charge is 0.269 e. The fourth-order valence-electron chi connectivity index (χ4n) is 4.24. The van der Waals surface area contributed by atoms with Crippen LogP contribution >= 0.6 is 0 Å². The van der Waals surface area contributed by atoms with Crippen LogP contribution in [0.5, 0.6) is 0 Å². The molecule has 140 valence electrons. The molecule has 3 rings (SSSR count). The Bertz CT molecular complexity index is 638. The largest absolute Gasteiger partial charge is 0.369 e. The Hall–Kier alpha value is -1.40. The molecular formula is C19H32N4O2. The van der Waals surface area contributed by atoms with Crippen LogP contribution in [0.25, 0.3) is 0 Å². The van der Waals surface area contributed by atoms with Crippen molar-refractivity contribution in [3.8, 4) is 0 Å². The van der Waals surface area contributed by atoms with E-state index in [9.17, 15) is 4.79 Å². The molecule has 0 radical (unpaired) electrons. The van der Waals surface area contributed by atoms with E-state index in [-0.39, 0.29) is 23.7 Å². The Kier molecular flexibility index (Phi) is 5.21. The van der Waals surface area contributed by atoms with E-state index < -0.39 is 0 Å². The van der Waals surface area contributed by atoms with Gasteiger partial charge in [0, 0.05) is 37.2 Å². The maximum absolute atomic E-state index is 12.9. The van der Waals surface area contributed by atoms with Crippen molar-refractivity contribution in [3.63, 3.8) is 0 Å². The standard InChI is InChI=1S/C19H32N4O2/c1-6-23-17(15-12-13(2)25-14(3)16(15)21-23)18(24)20-9-11-22-10-7-8-19(22,4)5/h13-14H,6-12H2,1-5H3,(H,20,24)/t13-,14+/m0/s1. The van der Waals surface area contributed by atoms with Crippen molar-refractivity contribution < 1.29 is 9.53 Å².